The highest BCUT2D eigenvalue weighted by atomic mass is 32.2. The summed E-state index contributed by atoms with van der Waals surface area (Å²) in [4.78, 5) is 11.6. The fourth-order valence-electron chi connectivity index (χ4n) is 2.22. The number of sulfonamides is 1. The van der Waals surface area contributed by atoms with Crippen molar-refractivity contribution in [3.63, 3.8) is 0 Å². The molecule has 7 heteroatoms. The maximum Gasteiger partial charge on any atom is 0.243 e. The Labute approximate surface area is 144 Å². The van der Waals surface area contributed by atoms with Crippen LogP contribution in [-0.2, 0) is 14.8 Å². The van der Waals surface area contributed by atoms with Crippen molar-refractivity contribution in [1.29, 1.82) is 5.26 Å². The number of carbonyl (C=O) groups excluding carboxylic acids is 1. The van der Waals surface area contributed by atoms with Crippen LogP contribution in [0, 0.1) is 23.2 Å². The molecule has 0 saturated heterocycles. The van der Waals surface area contributed by atoms with Gasteiger partial charge in [-0.25, -0.2) is 8.42 Å². The molecule has 0 atom stereocenters. The molecule has 0 saturated carbocycles. The summed E-state index contributed by atoms with van der Waals surface area (Å²) in [6.45, 7) is 8.85. The van der Waals surface area contributed by atoms with Crippen LogP contribution in [0.4, 0.5) is 5.69 Å². The zero-order valence-corrected chi connectivity index (χ0v) is 15.4. The van der Waals surface area contributed by atoms with Gasteiger partial charge in [0.15, 0.2) is 0 Å². The topological polar surface area (TPSA) is 90.3 Å². The number of carbonyl (C=O) groups is 1. The van der Waals surface area contributed by atoms with Crippen LogP contribution in [0.5, 0.6) is 0 Å². The number of nitrogens with zero attached hydrogens (tertiary/aromatic N) is 2. The summed E-state index contributed by atoms with van der Waals surface area (Å²) in [6.07, 6.45) is -0.239. The van der Waals surface area contributed by atoms with Gasteiger partial charge in [-0.1, -0.05) is 27.7 Å². The van der Waals surface area contributed by atoms with Gasteiger partial charge in [-0.05, 0) is 36.1 Å². The second kappa shape index (κ2) is 8.81. The predicted octanol–water partition coefficient (Wildman–Crippen LogP) is 2.84. The first-order valence-corrected chi connectivity index (χ1v) is 9.37. The van der Waals surface area contributed by atoms with Gasteiger partial charge in [-0.3, -0.25) is 4.79 Å². The van der Waals surface area contributed by atoms with E-state index in [1.807, 2.05) is 27.7 Å². The lowest BCUT2D eigenvalue weighted by Gasteiger charge is -2.25. The largest absolute Gasteiger partial charge is 0.325 e. The van der Waals surface area contributed by atoms with Crippen molar-refractivity contribution >= 4 is 21.6 Å². The Hall–Kier alpha value is -1.91. The fraction of sp³-hybridized carbons (Fsp3) is 0.529. The lowest BCUT2D eigenvalue weighted by molar-refractivity contribution is -0.115. The molecule has 0 fully saturated rings. The number of anilines is 1. The molecule has 0 aromatic heterocycles. The standard InChI is InChI=1S/C17H25N3O3S/c1-13(2)11-20(12-14(3)4)24(22,23)16-7-5-15(6-8-16)19-17(21)9-10-18/h5-8,13-14H,9,11-12H2,1-4H3,(H,19,21). The lowest BCUT2D eigenvalue weighted by atomic mass is 10.2. The molecular weight excluding hydrogens is 326 g/mol. The lowest BCUT2D eigenvalue weighted by Crippen LogP contribution is -2.37. The SMILES string of the molecule is CC(C)CN(CC(C)C)S(=O)(=O)c1ccc(NC(=O)CC#N)cc1. The highest BCUT2D eigenvalue weighted by molar-refractivity contribution is 7.89. The van der Waals surface area contributed by atoms with E-state index in [1.165, 1.54) is 28.6 Å². The molecular formula is C17H25N3O3S. The predicted molar refractivity (Wildman–Crippen MR) is 93.7 cm³/mol. The van der Waals surface area contributed by atoms with E-state index in [1.54, 1.807) is 6.07 Å². The minimum atomic E-state index is -3.58. The molecule has 1 amide bonds. The molecule has 0 bridgehead atoms. The first kappa shape index (κ1) is 20.1. The van der Waals surface area contributed by atoms with Gasteiger partial charge < -0.3 is 5.32 Å². The van der Waals surface area contributed by atoms with Crippen molar-refractivity contribution in [2.75, 3.05) is 18.4 Å². The Morgan fingerprint density at radius 3 is 2.04 bits per heavy atom. The normalized spacial score (nSPS) is 11.8. The van der Waals surface area contributed by atoms with E-state index in [9.17, 15) is 13.2 Å². The van der Waals surface area contributed by atoms with Gasteiger partial charge in [0.25, 0.3) is 0 Å². The Morgan fingerprint density at radius 1 is 1.12 bits per heavy atom. The quantitative estimate of drug-likeness (QED) is 0.780. The second-order valence-electron chi connectivity index (χ2n) is 6.52. The molecule has 1 rings (SSSR count). The average molecular weight is 351 g/mol. The maximum absolute atomic E-state index is 12.8. The van der Waals surface area contributed by atoms with E-state index in [0.29, 0.717) is 18.8 Å². The Kier molecular flexibility index (Phi) is 7.39. The fourth-order valence-corrected chi connectivity index (χ4v) is 3.99. The summed E-state index contributed by atoms with van der Waals surface area (Å²) >= 11 is 0. The number of rotatable bonds is 8. The van der Waals surface area contributed by atoms with E-state index in [-0.39, 0.29) is 23.2 Å². The van der Waals surface area contributed by atoms with Gasteiger partial charge in [-0.15, -0.1) is 0 Å². The van der Waals surface area contributed by atoms with Gasteiger partial charge in [-0.2, -0.15) is 9.57 Å². The van der Waals surface area contributed by atoms with Gasteiger partial charge in [0.1, 0.15) is 6.42 Å². The van der Waals surface area contributed by atoms with Crippen LogP contribution in [0.2, 0.25) is 0 Å². The van der Waals surface area contributed by atoms with Crippen LogP contribution in [-0.4, -0.2) is 31.7 Å². The summed E-state index contributed by atoms with van der Waals surface area (Å²) in [5.41, 5.74) is 0.466. The van der Waals surface area contributed by atoms with Crippen LogP contribution >= 0.6 is 0 Å². The molecule has 1 aromatic rings. The Bertz CT molecular complexity index is 679. The van der Waals surface area contributed by atoms with E-state index in [0.717, 1.165) is 0 Å². The highest BCUT2D eigenvalue weighted by Crippen LogP contribution is 2.20. The zero-order valence-electron chi connectivity index (χ0n) is 14.6. The van der Waals surface area contributed by atoms with Crippen LogP contribution < -0.4 is 5.32 Å². The van der Waals surface area contributed by atoms with Gasteiger partial charge in [0.05, 0.1) is 11.0 Å². The smallest absolute Gasteiger partial charge is 0.243 e. The second-order valence-corrected chi connectivity index (χ2v) is 8.46. The molecule has 24 heavy (non-hydrogen) atoms. The monoisotopic (exact) mass is 351 g/mol. The average Bonchev–Trinajstić information content (AvgIpc) is 2.46. The third kappa shape index (κ3) is 5.95. The number of hydrogen-bond donors (Lipinski definition) is 1. The van der Waals surface area contributed by atoms with E-state index >= 15 is 0 Å². The third-order valence-corrected chi connectivity index (χ3v) is 5.00. The van der Waals surface area contributed by atoms with Gasteiger partial charge in [0, 0.05) is 18.8 Å². The van der Waals surface area contributed by atoms with Gasteiger partial charge >= 0.3 is 0 Å². The van der Waals surface area contributed by atoms with Crippen molar-refractivity contribution in [2.45, 2.75) is 39.0 Å². The van der Waals surface area contributed by atoms with E-state index < -0.39 is 15.9 Å². The van der Waals surface area contributed by atoms with Crippen molar-refractivity contribution in [2.24, 2.45) is 11.8 Å². The number of nitriles is 1. The van der Waals surface area contributed by atoms with Crippen LogP contribution in [0.1, 0.15) is 34.1 Å². The molecule has 0 unspecified atom stereocenters. The molecule has 6 nitrogen and oxygen atoms in total. The van der Waals surface area contributed by atoms with Crippen LogP contribution in [0.3, 0.4) is 0 Å². The molecule has 0 radical (unpaired) electrons. The third-order valence-electron chi connectivity index (χ3n) is 3.15. The minimum Gasteiger partial charge on any atom is -0.325 e. The molecule has 1 aromatic carbocycles. The highest BCUT2D eigenvalue weighted by Gasteiger charge is 2.25. The number of nitrogens with one attached hydrogen (secondary N) is 1. The maximum atomic E-state index is 12.8. The number of benzene rings is 1. The van der Waals surface area contributed by atoms with Crippen molar-refractivity contribution in [3.8, 4) is 6.07 Å². The molecule has 132 valence electrons. The molecule has 0 spiro atoms. The van der Waals surface area contributed by atoms with Crippen LogP contribution in [0.15, 0.2) is 29.2 Å². The molecule has 0 heterocycles. The first-order chi connectivity index (χ1) is 11.2. The summed E-state index contributed by atoms with van der Waals surface area (Å²) in [6, 6.07) is 7.78. The molecule has 0 aliphatic carbocycles. The van der Waals surface area contributed by atoms with Crippen molar-refractivity contribution in [1.82, 2.24) is 4.31 Å². The summed E-state index contributed by atoms with van der Waals surface area (Å²) in [5, 5.41) is 11.0. The van der Waals surface area contributed by atoms with Crippen molar-refractivity contribution < 1.29 is 13.2 Å². The summed E-state index contributed by atoms with van der Waals surface area (Å²) < 4.78 is 27.2. The molecule has 0 aliphatic rings. The number of hydrogen-bond acceptors (Lipinski definition) is 4. The van der Waals surface area contributed by atoms with E-state index in [4.69, 9.17) is 5.26 Å². The molecule has 0 aliphatic heterocycles. The first-order valence-electron chi connectivity index (χ1n) is 7.93. The molecule has 1 N–H and O–H groups in total. The zero-order chi connectivity index (χ0) is 18.3. The van der Waals surface area contributed by atoms with Crippen LogP contribution in [0.25, 0.3) is 0 Å². The minimum absolute atomic E-state index is 0.196. The summed E-state index contributed by atoms with van der Waals surface area (Å²) in [5.74, 6) is 0.0282. The van der Waals surface area contributed by atoms with Gasteiger partial charge in [0.2, 0.25) is 15.9 Å². The number of amides is 1. The Morgan fingerprint density at radius 2 is 1.62 bits per heavy atom. The van der Waals surface area contributed by atoms with E-state index in [2.05, 4.69) is 5.32 Å². The summed E-state index contributed by atoms with van der Waals surface area (Å²) in [7, 11) is -3.58. The Balaban J connectivity index is 2.99. The van der Waals surface area contributed by atoms with Crippen molar-refractivity contribution in [3.05, 3.63) is 24.3 Å².